The van der Waals surface area contributed by atoms with Crippen LogP contribution in [0.25, 0.3) is 10.9 Å². The number of nitrogens with one attached hydrogen (secondary N) is 2. The average Bonchev–Trinajstić information content (AvgIpc) is 2.77. The summed E-state index contributed by atoms with van der Waals surface area (Å²) in [5, 5.41) is 7.68. The first-order valence-corrected chi connectivity index (χ1v) is 10.9. The maximum atomic E-state index is 14.0. The van der Waals surface area contributed by atoms with Crippen LogP contribution in [0.5, 0.6) is 0 Å². The largest absolute Gasteiger partial charge is 0.362 e. The molecule has 0 bridgehead atoms. The minimum Gasteiger partial charge on any atom is -0.362 e. The van der Waals surface area contributed by atoms with Gasteiger partial charge < -0.3 is 15.5 Å². The van der Waals surface area contributed by atoms with Gasteiger partial charge in [-0.3, -0.25) is 0 Å². The summed E-state index contributed by atoms with van der Waals surface area (Å²) >= 11 is 5.92. The smallest absolute Gasteiger partial charge is 0.225 e. The van der Waals surface area contributed by atoms with Gasteiger partial charge in [0.15, 0.2) is 0 Å². The molecule has 0 aliphatic heterocycles. The van der Waals surface area contributed by atoms with E-state index in [-0.39, 0.29) is 29.2 Å². The standard InChI is InChI=1S/C23H26ClF2N5/c1-31(2)22-16-5-3-4-6-20(16)29-23(30-22)28-15-9-7-14(8-10-15)27-13-17-18(25)11-12-19(26)21(17)24/h3-6,11-12,14-15,27H,7-10,13H2,1-2H3,(H,28,29,30). The van der Waals surface area contributed by atoms with Crippen molar-refractivity contribution in [3.05, 3.63) is 58.6 Å². The molecule has 0 atom stereocenters. The number of anilines is 2. The molecule has 1 aliphatic carbocycles. The number of benzene rings is 2. The second kappa shape index (κ2) is 9.32. The molecule has 8 heteroatoms. The Morgan fingerprint density at radius 2 is 1.65 bits per heavy atom. The minimum atomic E-state index is -0.597. The Hall–Kier alpha value is -2.51. The lowest BCUT2D eigenvalue weighted by molar-refractivity contribution is 0.350. The van der Waals surface area contributed by atoms with Crippen molar-refractivity contribution < 1.29 is 8.78 Å². The number of nitrogens with zero attached hydrogens (tertiary/aromatic N) is 3. The fourth-order valence-electron chi connectivity index (χ4n) is 4.07. The van der Waals surface area contributed by atoms with Crippen LogP contribution in [0.15, 0.2) is 36.4 Å². The third-order valence-electron chi connectivity index (χ3n) is 5.77. The van der Waals surface area contributed by atoms with Crippen LogP contribution in [0.4, 0.5) is 20.5 Å². The molecule has 4 rings (SSSR count). The van der Waals surface area contributed by atoms with Crippen LogP contribution >= 0.6 is 11.6 Å². The summed E-state index contributed by atoms with van der Waals surface area (Å²) in [6.07, 6.45) is 3.70. The highest BCUT2D eigenvalue weighted by Crippen LogP contribution is 2.27. The predicted molar refractivity (Wildman–Crippen MR) is 122 cm³/mol. The first kappa shape index (κ1) is 21.7. The molecular formula is C23H26ClF2N5. The van der Waals surface area contributed by atoms with E-state index in [1.165, 1.54) is 0 Å². The Balaban J connectivity index is 1.36. The molecule has 31 heavy (non-hydrogen) atoms. The Morgan fingerprint density at radius 1 is 0.968 bits per heavy atom. The van der Waals surface area contributed by atoms with Gasteiger partial charge in [-0.2, -0.15) is 4.98 Å². The number of halogens is 3. The van der Waals surface area contributed by atoms with E-state index >= 15 is 0 Å². The maximum Gasteiger partial charge on any atom is 0.225 e. The van der Waals surface area contributed by atoms with Crippen LogP contribution in [0.2, 0.25) is 5.02 Å². The van der Waals surface area contributed by atoms with E-state index in [9.17, 15) is 8.78 Å². The van der Waals surface area contributed by atoms with Gasteiger partial charge in [-0.1, -0.05) is 23.7 Å². The zero-order valence-corrected chi connectivity index (χ0v) is 18.4. The Kier molecular flexibility index (Phi) is 6.53. The first-order chi connectivity index (χ1) is 14.9. The van der Waals surface area contributed by atoms with Crippen LogP contribution in [0.3, 0.4) is 0 Å². The molecule has 0 saturated heterocycles. The molecular weight excluding hydrogens is 420 g/mol. The van der Waals surface area contributed by atoms with Gasteiger partial charge >= 0.3 is 0 Å². The number of rotatable bonds is 6. The highest BCUT2D eigenvalue weighted by atomic mass is 35.5. The van der Waals surface area contributed by atoms with Crippen LogP contribution in [-0.4, -0.2) is 36.1 Å². The fourth-order valence-corrected chi connectivity index (χ4v) is 4.29. The van der Waals surface area contributed by atoms with Gasteiger partial charge in [-0.05, 0) is 49.9 Å². The van der Waals surface area contributed by atoms with Crippen molar-refractivity contribution in [2.24, 2.45) is 0 Å². The van der Waals surface area contributed by atoms with E-state index in [0.717, 1.165) is 54.5 Å². The van der Waals surface area contributed by atoms with Gasteiger partial charge in [0, 0.05) is 43.7 Å². The van der Waals surface area contributed by atoms with Crippen molar-refractivity contribution in [2.75, 3.05) is 24.3 Å². The van der Waals surface area contributed by atoms with Gasteiger partial charge in [-0.25, -0.2) is 13.8 Å². The van der Waals surface area contributed by atoms with Crippen LogP contribution in [-0.2, 0) is 6.54 Å². The topological polar surface area (TPSA) is 53.1 Å². The van der Waals surface area contributed by atoms with Gasteiger partial charge in [0.1, 0.15) is 17.5 Å². The zero-order chi connectivity index (χ0) is 22.0. The lowest BCUT2D eigenvalue weighted by Gasteiger charge is -2.30. The van der Waals surface area contributed by atoms with Gasteiger partial charge in [0.2, 0.25) is 5.95 Å². The third kappa shape index (κ3) is 4.88. The van der Waals surface area contributed by atoms with Crippen molar-refractivity contribution in [3.63, 3.8) is 0 Å². The first-order valence-electron chi connectivity index (χ1n) is 10.5. The van der Waals surface area contributed by atoms with E-state index in [4.69, 9.17) is 16.6 Å². The second-order valence-electron chi connectivity index (χ2n) is 8.18. The number of aromatic nitrogens is 2. The maximum absolute atomic E-state index is 14.0. The highest BCUT2D eigenvalue weighted by molar-refractivity contribution is 6.31. The van der Waals surface area contributed by atoms with Gasteiger partial charge in [0.25, 0.3) is 0 Å². The average molecular weight is 446 g/mol. The van der Waals surface area contributed by atoms with Crippen LogP contribution in [0, 0.1) is 11.6 Å². The Bertz CT molecular complexity index is 1070. The number of para-hydroxylation sites is 1. The molecule has 0 spiro atoms. The van der Waals surface area contributed by atoms with Crippen molar-refractivity contribution in [1.29, 1.82) is 0 Å². The van der Waals surface area contributed by atoms with Crippen molar-refractivity contribution >= 4 is 34.3 Å². The summed E-state index contributed by atoms with van der Waals surface area (Å²) in [4.78, 5) is 11.4. The van der Waals surface area contributed by atoms with E-state index in [1.807, 2.05) is 43.3 Å². The van der Waals surface area contributed by atoms with E-state index in [1.54, 1.807) is 0 Å². The lowest BCUT2D eigenvalue weighted by Crippen LogP contribution is -2.37. The molecule has 2 N–H and O–H groups in total. The summed E-state index contributed by atoms with van der Waals surface area (Å²) < 4.78 is 27.6. The molecule has 0 radical (unpaired) electrons. The molecule has 3 aromatic rings. The summed E-state index contributed by atoms with van der Waals surface area (Å²) in [7, 11) is 3.95. The molecule has 1 aliphatic rings. The van der Waals surface area contributed by atoms with Gasteiger partial charge in [0.05, 0.1) is 10.5 Å². The molecule has 1 heterocycles. The molecule has 0 amide bonds. The van der Waals surface area contributed by atoms with E-state index in [0.29, 0.717) is 5.95 Å². The lowest BCUT2D eigenvalue weighted by atomic mass is 9.91. The molecule has 1 saturated carbocycles. The molecule has 1 aromatic heterocycles. The van der Waals surface area contributed by atoms with Crippen molar-refractivity contribution in [1.82, 2.24) is 15.3 Å². The number of fused-ring (bicyclic) bond motifs is 1. The van der Waals surface area contributed by atoms with Crippen LogP contribution in [0.1, 0.15) is 31.2 Å². The molecule has 164 valence electrons. The number of hydrogen-bond acceptors (Lipinski definition) is 5. The molecule has 2 aromatic carbocycles. The summed E-state index contributed by atoms with van der Waals surface area (Å²) in [5.74, 6) is 0.435. The third-order valence-corrected chi connectivity index (χ3v) is 6.18. The quantitative estimate of drug-likeness (QED) is 0.514. The normalized spacial score (nSPS) is 18.9. The monoisotopic (exact) mass is 445 g/mol. The van der Waals surface area contributed by atoms with Crippen molar-refractivity contribution in [3.8, 4) is 0 Å². The highest BCUT2D eigenvalue weighted by Gasteiger charge is 2.23. The second-order valence-corrected chi connectivity index (χ2v) is 8.56. The van der Waals surface area contributed by atoms with E-state index in [2.05, 4.69) is 15.6 Å². The Morgan fingerprint density at radius 3 is 2.39 bits per heavy atom. The fraction of sp³-hybridized carbons (Fsp3) is 0.391. The van der Waals surface area contributed by atoms with Crippen molar-refractivity contribution in [2.45, 2.75) is 44.3 Å². The number of hydrogen-bond donors (Lipinski definition) is 2. The van der Waals surface area contributed by atoms with Crippen LogP contribution < -0.4 is 15.5 Å². The summed E-state index contributed by atoms with van der Waals surface area (Å²) in [5.41, 5.74) is 1.09. The van der Waals surface area contributed by atoms with Gasteiger partial charge in [-0.15, -0.1) is 0 Å². The molecule has 5 nitrogen and oxygen atoms in total. The SMILES string of the molecule is CN(C)c1nc(NC2CCC(NCc3c(F)ccc(F)c3Cl)CC2)nc2ccccc12. The minimum absolute atomic E-state index is 0.145. The zero-order valence-electron chi connectivity index (χ0n) is 17.6. The van der Waals surface area contributed by atoms with E-state index < -0.39 is 11.6 Å². The molecule has 0 unspecified atom stereocenters. The summed E-state index contributed by atoms with van der Waals surface area (Å²) in [6.45, 7) is 0.213. The predicted octanol–water partition coefficient (Wildman–Crippen LogP) is 5.14. The molecule has 1 fully saturated rings. The summed E-state index contributed by atoms with van der Waals surface area (Å²) in [6, 6.07) is 10.6. The Labute approximate surface area is 185 Å².